The van der Waals surface area contributed by atoms with Crippen LogP contribution in [0.5, 0.6) is 0 Å². The van der Waals surface area contributed by atoms with Crippen molar-refractivity contribution in [1.82, 2.24) is 0 Å². The molecule has 0 aromatic heterocycles. The zero-order valence-electron chi connectivity index (χ0n) is 12.2. The lowest BCUT2D eigenvalue weighted by Gasteiger charge is -2.19. The van der Waals surface area contributed by atoms with Crippen molar-refractivity contribution in [2.75, 3.05) is 11.9 Å². The third kappa shape index (κ3) is 2.51. The van der Waals surface area contributed by atoms with E-state index in [2.05, 4.69) is 4.99 Å². The first-order valence-electron chi connectivity index (χ1n) is 6.89. The van der Waals surface area contributed by atoms with E-state index in [1.807, 2.05) is 36.4 Å². The van der Waals surface area contributed by atoms with Crippen molar-refractivity contribution in [2.45, 2.75) is 13.0 Å². The summed E-state index contributed by atoms with van der Waals surface area (Å²) in [5.41, 5.74) is 3.06. The molecule has 1 amide bonds. The summed E-state index contributed by atoms with van der Waals surface area (Å²) < 4.78 is 0. The van der Waals surface area contributed by atoms with Gasteiger partial charge in [0.05, 0.1) is 11.4 Å². The van der Waals surface area contributed by atoms with Crippen molar-refractivity contribution in [2.24, 2.45) is 4.99 Å². The molecule has 2 aromatic rings. The van der Waals surface area contributed by atoms with E-state index >= 15 is 0 Å². The van der Waals surface area contributed by atoms with Crippen molar-refractivity contribution in [3.63, 3.8) is 0 Å². The topological polar surface area (TPSA) is 32.7 Å². The van der Waals surface area contributed by atoms with E-state index in [1.165, 1.54) is 0 Å². The zero-order chi connectivity index (χ0) is 15.9. The molecule has 0 aliphatic carbocycles. The second-order valence-corrected chi connectivity index (χ2v) is 6.04. The minimum Gasteiger partial charge on any atom is -0.313 e. The van der Waals surface area contributed by atoms with Crippen LogP contribution in [0.4, 0.5) is 5.69 Å². The smallest absolute Gasteiger partial charge is 0.251 e. The number of benzodiazepines with no additional fused rings is 1. The summed E-state index contributed by atoms with van der Waals surface area (Å²) in [5.74, 6) is -0.0642. The Bertz CT molecular complexity index is 786. The van der Waals surface area contributed by atoms with Crippen LogP contribution in [0.25, 0.3) is 0 Å². The van der Waals surface area contributed by atoms with E-state index < -0.39 is 6.04 Å². The molecule has 1 unspecified atom stereocenters. The van der Waals surface area contributed by atoms with Crippen molar-refractivity contribution in [3.8, 4) is 0 Å². The molecule has 112 valence electrons. The van der Waals surface area contributed by atoms with Crippen LogP contribution in [0.2, 0.25) is 10.0 Å². The molecule has 0 N–H and O–H groups in total. The molecule has 1 heterocycles. The van der Waals surface area contributed by atoms with Crippen LogP contribution in [0.15, 0.2) is 47.5 Å². The average molecular weight is 333 g/mol. The predicted molar refractivity (Wildman–Crippen MR) is 91.4 cm³/mol. The highest BCUT2D eigenvalue weighted by Gasteiger charge is 2.27. The van der Waals surface area contributed by atoms with Gasteiger partial charge in [-0.25, -0.2) is 0 Å². The lowest BCUT2D eigenvalue weighted by molar-refractivity contribution is -0.119. The molecular weight excluding hydrogens is 319 g/mol. The minimum atomic E-state index is -0.484. The third-order valence-electron chi connectivity index (χ3n) is 3.71. The SMILES string of the molecule is CC1N=C(c2ccccc2Cl)c2cc(Cl)ccc2N(C)C1=O. The maximum Gasteiger partial charge on any atom is 0.251 e. The summed E-state index contributed by atoms with van der Waals surface area (Å²) in [5, 5.41) is 1.19. The first-order valence-corrected chi connectivity index (χ1v) is 7.65. The Balaban J connectivity index is 2.31. The fourth-order valence-corrected chi connectivity index (χ4v) is 2.97. The highest BCUT2D eigenvalue weighted by molar-refractivity contribution is 6.37. The lowest BCUT2D eigenvalue weighted by Crippen LogP contribution is -2.32. The maximum absolute atomic E-state index is 12.4. The molecule has 3 nitrogen and oxygen atoms in total. The average Bonchev–Trinajstić information content (AvgIpc) is 2.59. The lowest BCUT2D eigenvalue weighted by atomic mass is 10.00. The molecule has 0 fully saturated rings. The molecule has 1 aliphatic rings. The van der Waals surface area contributed by atoms with Crippen molar-refractivity contribution in [3.05, 3.63) is 63.6 Å². The summed E-state index contributed by atoms with van der Waals surface area (Å²) in [7, 11) is 1.75. The Kier molecular flexibility index (Phi) is 3.94. The quantitative estimate of drug-likeness (QED) is 0.770. The molecule has 1 atom stereocenters. The number of amides is 1. The summed E-state index contributed by atoms with van der Waals surface area (Å²) >= 11 is 12.5. The number of aliphatic imine (C=N–C) groups is 1. The van der Waals surface area contributed by atoms with E-state index in [4.69, 9.17) is 23.2 Å². The summed E-state index contributed by atoms with van der Waals surface area (Å²) in [6.45, 7) is 1.78. The number of halogens is 2. The van der Waals surface area contributed by atoms with Gasteiger partial charge in [-0.05, 0) is 31.2 Å². The number of benzene rings is 2. The van der Waals surface area contributed by atoms with Gasteiger partial charge >= 0.3 is 0 Å². The van der Waals surface area contributed by atoms with Gasteiger partial charge in [0.2, 0.25) is 0 Å². The van der Waals surface area contributed by atoms with Gasteiger partial charge in [0.1, 0.15) is 6.04 Å². The van der Waals surface area contributed by atoms with E-state index in [1.54, 1.807) is 24.9 Å². The van der Waals surface area contributed by atoms with E-state index in [0.29, 0.717) is 15.8 Å². The number of anilines is 1. The van der Waals surface area contributed by atoms with Crippen LogP contribution in [0, 0.1) is 0 Å². The van der Waals surface area contributed by atoms with Crippen LogP contribution in [-0.4, -0.2) is 24.7 Å². The van der Waals surface area contributed by atoms with Gasteiger partial charge in [-0.2, -0.15) is 0 Å². The van der Waals surface area contributed by atoms with Crippen LogP contribution in [-0.2, 0) is 4.79 Å². The molecule has 0 radical (unpaired) electrons. The molecule has 2 aromatic carbocycles. The Morgan fingerprint density at radius 1 is 1.09 bits per heavy atom. The predicted octanol–water partition coefficient (Wildman–Crippen LogP) is 4.20. The van der Waals surface area contributed by atoms with E-state index in [9.17, 15) is 4.79 Å². The Hall–Kier alpha value is -1.84. The first kappa shape index (κ1) is 15.1. The number of likely N-dealkylation sites (N-methyl/N-ethyl adjacent to an activating group) is 1. The van der Waals surface area contributed by atoms with Crippen LogP contribution < -0.4 is 4.90 Å². The van der Waals surface area contributed by atoms with Crippen LogP contribution in [0.1, 0.15) is 18.1 Å². The van der Waals surface area contributed by atoms with Gasteiger partial charge in [0.25, 0.3) is 5.91 Å². The Morgan fingerprint density at radius 3 is 2.55 bits per heavy atom. The zero-order valence-corrected chi connectivity index (χ0v) is 13.7. The molecular formula is C17H14Cl2N2O. The summed E-state index contributed by atoms with van der Waals surface area (Å²) in [6.07, 6.45) is 0. The van der Waals surface area contributed by atoms with Crippen molar-refractivity contribution in [1.29, 1.82) is 0 Å². The molecule has 3 rings (SSSR count). The fourth-order valence-electron chi connectivity index (χ4n) is 2.58. The minimum absolute atomic E-state index is 0.0642. The van der Waals surface area contributed by atoms with Gasteiger partial charge in [0.15, 0.2) is 0 Å². The van der Waals surface area contributed by atoms with E-state index in [-0.39, 0.29) is 5.91 Å². The number of rotatable bonds is 1. The molecule has 0 bridgehead atoms. The highest BCUT2D eigenvalue weighted by Crippen LogP contribution is 2.31. The molecule has 1 aliphatic heterocycles. The second kappa shape index (κ2) is 5.75. The standard InChI is InChI=1S/C17H14Cl2N2O/c1-10-17(22)21(2)15-8-7-11(18)9-13(15)16(20-10)12-5-3-4-6-14(12)19/h3-10H,1-2H3. The molecule has 0 spiro atoms. The van der Waals surface area contributed by atoms with E-state index in [0.717, 1.165) is 16.8 Å². The van der Waals surface area contributed by atoms with Gasteiger partial charge < -0.3 is 4.90 Å². The van der Waals surface area contributed by atoms with Crippen LogP contribution in [0.3, 0.4) is 0 Å². The maximum atomic E-state index is 12.4. The summed E-state index contributed by atoms with van der Waals surface area (Å²) in [6, 6.07) is 12.4. The van der Waals surface area contributed by atoms with Gasteiger partial charge in [-0.15, -0.1) is 0 Å². The second-order valence-electron chi connectivity index (χ2n) is 5.19. The Labute approximate surface area is 139 Å². The molecule has 0 saturated carbocycles. The fraction of sp³-hybridized carbons (Fsp3) is 0.176. The number of hydrogen-bond donors (Lipinski definition) is 0. The molecule has 22 heavy (non-hydrogen) atoms. The van der Waals surface area contributed by atoms with Gasteiger partial charge in [-0.3, -0.25) is 9.79 Å². The van der Waals surface area contributed by atoms with Crippen molar-refractivity contribution >= 4 is 40.5 Å². The number of nitrogens with zero attached hydrogens (tertiary/aromatic N) is 2. The Morgan fingerprint density at radius 2 is 1.82 bits per heavy atom. The molecule has 0 saturated heterocycles. The number of fused-ring (bicyclic) bond motifs is 1. The number of carbonyl (C=O) groups excluding carboxylic acids is 1. The van der Waals surface area contributed by atoms with Gasteiger partial charge in [0, 0.05) is 28.2 Å². The number of hydrogen-bond acceptors (Lipinski definition) is 2. The number of carbonyl (C=O) groups is 1. The molecule has 5 heteroatoms. The largest absolute Gasteiger partial charge is 0.313 e. The third-order valence-corrected chi connectivity index (χ3v) is 4.28. The normalized spacial score (nSPS) is 17.8. The van der Waals surface area contributed by atoms with Gasteiger partial charge in [-0.1, -0.05) is 41.4 Å². The highest BCUT2D eigenvalue weighted by atomic mass is 35.5. The van der Waals surface area contributed by atoms with Crippen molar-refractivity contribution < 1.29 is 4.79 Å². The monoisotopic (exact) mass is 332 g/mol. The first-order chi connectivity index (χ1) is 10.5. The van der Waals surface area contributed by atoms with Crippen LogP contribution >= 0.6 is 23.2 Å². The summed E-state index contributed by atoms with van der Waals surface area (Å²) in [4.78, 5) is 18.6.